The number of aromatic nitrogens is 1. The van der Waals surface area contributed by atoms with Crippen LogP contribution in [0.3, 0.4) is 0 Å². The van der Waals surface area contributed by atoms with Gasteiger partial charge in [-0.25, -0.2) is 9.78 Å². The van der Waals surface area contributed by atoms with Crippen LogP contribution >= 0.6 is 0 Å². The number of esters is 1. The second kappa shape index (κ2) is 9.13. The summed E-state index contributed by atoms with van der Waals surface area (Å²) in [4.78, 5) is 15.9. The standard InChI is InChI=1S/C22H23N5O2/c1-14-7-16(8-23)11-26-21(14)27-12-17(9-24)10-25-6-5-18-3-4-19-20(15(18)2)13-29-22(19)28/h3-4,7,9,11-12,24-25H,5-6,10,13H2,1-2H3,(H,26,27)/b17-12+,24-9?. The number of cyclic esters (lactones) is 1. The number of nitrogens with zero attached hydrogens (tertiary/aromatic N) is 2. The van der Waals surface area contributed by atoms with Crippen LogP contribution in [0.2, 0.25) is 0 Å². The Kier molecular flexibility index (Phi) is 6.37. The van der Waals surface area contributed by atoms with E-state index in [0.29, 0.717) is 30.1 Å². The van der Waals surface area contributed by atoms with Crippen molar-refractivity contribution in [3.8, 4) is 6.07 Å². The third-order valence-corrected chi connectivity index (χ3v) is 4.97. The summed E-state index contributed by atoms with van der Waals surface area (Å²) in [6, 6.07) is 7.65. The SMILES string of the molecule is Cc1cc(C#N)cnc1N/C=C(\C=N)CNCCc1ccc2c(c1C)COC2=O. The van der Waals surface area contributed by atoms with Crippen LogP contribution in [0.15, 0.2) is 36.2 Å². The monoisotopic (exact) mass is 389 g/mol. The molecule has 7 nitrogen and oxygen atoms in total. The van der Waals surface area contributed by atoms with E-state index in [1.54, 1.807) is 12.3 Å². The van der Waals surface area contributed by atoms with E-state index in [1.165, 1.54) is 18.0 Å². The largest absolute Gasteiger partial charge is 0.457 e. The number of rotatable bonds is 8. The van der Waals surface area contributed by atoms with Crippen molar-refractivity contribution in [1.29, 1.82) is 10.7 Å². The number of nitrogens with one attached hydrogen (secondary N) is 3. The predicted molar refractivity (Wildman–Crippen MR) is 111 cm³/mol. The molecule has 0 bridgehead atoms. The summed E-state index contributed by atoms with van der Waals surface area (Å²) >= 11 is 0. The first-order valence-corrected chi connectivity index (χ1v) is 9.35. The van der Waals surface area contributed by atoms with Gasteiger partial charge in [-0.3, -0.25) is 0 Å². The van der Waals surface area contributed by atoms with Crippen LogP contribution < -0.4 is 10.6 Å². The van der Waals surface area contributed by atoms with E-state index in [0.717, 1.165) is 35.2 Å². The summed E-state index contributed by atoms with van der Waals surface area (Å²) in [5, 5.41) is 22.9. The number of pyridine rings is 1. The zero-order valence-electron chi connectivity index (χ0n) is 16.5. The van der Waals surface area contributed by atoms with E-state index in [9.17, 15) is 4.79 Å². The Morgan fingerprint density at radius 3 is 2.97 bits per heavy atom. The molecule has 0 radical (unpaired) electrons. The van der Waals surface area contributed by atoms with Gasteiger partial charge >= 0.3 is 5.97 Å². The van der Waals surface area contributed by atoms with Gasteiger partial charge in [0.05, 0.1) is 11.1 Å². The van der Waals surface area contributed by atoms with Crippen molar-refractivity contribution in [3.05, 3.63) is 69.5 Å². The maximum absolute atomic E-state index is 11.6. The highest BCUT2D eigenvalue weighted by molar-refractivity contribution is 5.93. The highest BCUT2D eigenvalue weighted by Gasteiger charge is 2.23. The Balaban J connectivity index is 1.53. The number of carbonyl (C=O) groups is 1. The van der Waals surface area contributed by atoms with E-state index < -0.39 is 0 Å². The van der Waals surface area contributed by atoms with Crippen molar-refractivity contribution in [3.63, 3.8) is 0 Å². The number of carbonyl (C=O) groups excluding carboxylic acids is 1. The lowest BCUT2D eigenvalue weighted by Crippen LogP contribution is -2.21. The fourth-order valence-electron chi connectivity index (χ4n) is 3.22. The van der Waals surface area contributed by atoms with Gasteiger partial charge in [-0.05, 0) is 61.2 Å². The molecule has 1 aliphatic rings. The number of ether oxygens (including phenoxy) is 1. The Morgan fingerprint density at radius 2 is 2.24 bits per heavy atom. The summed E-state index contributed by atoms with van der Waals surface area (Å²) in [5.41, 5.74) is 6.12. The Bertz CT molecular complexity index is 1020. The number of nitriles is 1. The minimum atomic E-state index is -0.243. The minimum Gasteiger partial charge on any atom is -0.457 e. The van der Waals surface area contributed by atoms with Gasteiger partial charge < -0.3 is 20.8 Å². The molecule has 3 N–H and O–H groups in total. The van der Waals surface area contributed by atoms with Crippen molar-refractivity contribution < 1.29 is 9.53 Å². The lowest BCUT2D eigenvalue weighted by Gasteiger charge is -2.11. The highest BCUT2D eigenvalue weighted by Crippen LogP contribution is 2.26. The molecule has 1 aliphatic heterocycles. The zero-order chi connectivity index (χ0) is 20.8. The second-order valence-electron chi connectivity index (χ2n) is 6.89. The molecule has 0 spiro atoms. The minimum absolute atomic E-state index is 0.243. The van der Waals surface area contributed by atoms with Crippen molar-refractivity contribution in [2.24, 2.45) is 0 Å². The summed E-state index contributed by atoms with van der Waals surface area (Å²) in [7, 11) is 0. The number of hydrogen-bond acceptors (Lipinski definition) is 7. The number of hydrogen-bond donors (Lipinski definition) is 3. The molecule has 3 rings (SSSR count). The molecule has 29 heavy (non-hydrogen) atoms. The molecule has 1 aromatic carbocycles. The normalized spacial score (nSPS) is 12.9. The van der Waals surface area contributed by atoms with Crippen LogP contribution in [0.5, 0.6) is 0 Å². The lowest BCUT2D eigenvalue weighted by atomic mass is 9.97. The fraction of sp³-hybridized carbons (Fsp3) is 0.273. The first-order valence-electron chi connectivity index (χ1n) is 9.35. The van der Waals surface area contributed by atoms with Gasteiger partial charge in [0.15, 0.2) is 0 Å². The zero-order valence-corrected chi connectivity index (χ0v) is 16.5. The Labute approximate surface area is 169 Å². The average molecular weight is 389 g/mol. The molecule has 2 aromatic rings. The van der Waals surface area contributed by atoms with Crippen LogP contribution in [-0.4, -0.2) is 30.3 Å². The molecule has 1 aromatic heterocycles. The van der Waals surface area contributed by atoms with Crippen LogP contribution in [0.25, 0.3) is 0 Å². The predicted octanol–water partition coefficient (Wildman–Crippen LogP) is 3.02. The maximum atomic E-state index is 11.6. The molecule has 0 unspecified atom stereocenters. The van der Waals surface area contributed by atoms with Crippen LogP contribution in [0.1, 0.15) is 38.2 Å². The van der Waals surface area contributed by atoms with Crippen molar-refractivity contribution >= 4 is 18.0 Å². The first-order chi connectivity index (χ1) is 14.0. The van der Waals surface area contributed by atoms with E-state index in [1.807, 2.05) is 26.0 Å². The second-order valence-corrected chi connectivity index (χ2v) is 6.89. The molecular formula is C22H23N5O2. The lowest BCUT2D eigenvalue weighted by molar-refractivity contribution is 0.0535. The third-order valence-electron chi connectivity index (χ3n) is 4.97. The van der Waals surface area contributed by atoms with Gasteiger partial charge in [0.1, 0.15) is 18.5 Å². The quantitative estimate of drug-likeness (QED) is 0.364. The fourth-order valence-corrected chi connectivity index (χ4v) is 3.22. The van der Waals surface area contributed by atoms with E-state index in [2.05, 4.69) is 21.7 Å². The van der Waals surface area contributed by atoms with Gasteiger partial charge in [0.2, 0.25) is 0 Å². The molecule has 148 valence electrons. The third kappa shape index (κ3) is 4.68. The molecule has 2 heterocycles. The highest BCUT2D eigenvalue weighted by atomic mass is 16.5. The van der Waals surface area contributed by atoms with Gasteiger partial charge in [-0.2, -0.15) is 5.26 Å². The van der Waals surface area contributed by atoms with Crippen molar-refractivity contribution in [2.45, 2.75) is 26.9 Å². The molecule has 0 fully saturated rings. The smallest absolute Gasteiger partial charge is 0.338 e. The summed E-state index contributed by atoms with van der Waals surface area (Å²) in [6.07, 6.45) is 5.37. The molecule has 0 amide bonds. The number of aryl methyl sites for hydroxylation is 1. The van der Waals surface area contributed by atoms with Crippen LogP contribution in [0, 0.1) is 30.6 Å². The molecular weight excluding hydrogens is 366 g/mol. The van der Waals surface area contributed by atoms with Gasteiger partial charge in [-0.1, -0.05) is 6.07 Å². The van der Waals surface area contributed by atoms with Gasteiger partial charge in [-0.15, -0.1) is 0 Å². The summed E-state index contributed by atoms with van der Waals surface area (Å²) < 4.78 is 5.10. The van der Waals surface area contributed by atoms with Crippen LogP contribution in [0.4, 0.5) is 5.82 Å². The molecule has 0 saturated carbocycles. The van der Waals surface area contributed by atoms with E-state index in [4.69, 9.17) is 15.4 Å². The summed E-state index contributed by atoms with van der Waals surface area (Å²) in [6.45, 7) is 5.54. The van der Waals surface area contributed by atoms with E-state index >= 15 is 0 Å². The number of anilines is 1. The maximum Gasteiger partial charge on any atom is 0.338 e. The Hall–Kier alpha value is -3.50. The Morgan fingerprint density at radius 1 is 1.41 bits per heavy atom. The van der Waals surface area contributed by atoms with Crippen molar-refractivity contribution in [1.82, 2.24) is 10.3 Å². The van der Waals surface area contributed by atoms with Crippen molar-refractivity contribution in [2.75, 3.05) is 18.4 Å². The average Bonchev–Trinajstić information content (AvgIpc) is 3.11. The van der Waals surface area contributed by atoms with Crippen LogP contribution in [-0.2, 0) is 17.8 Å². The number of benzene rings is 1. The molecule has 0 aliphatic carbocycles. The first kappa shape index (κ1) is 20.2. The van der Waals surface area contributed by atoms with E-state index in [-0.39, 0.29) is 5.97 Å². The van der Waals surface area contributed by atoms with Gasteiger partial charge in [0.25, 0.3) is 0 Å². The molecule has 7 heteroatoms. The number of fused-ring (bicyclic) bond motifs is 1. The topological polar surface area (TPSA) is 111 Å². The molecule has 0 atom stereocenters. The summed E-state index contributed by atoms with van der Waals surface area (Å²) in [5.74, 6) is 0.418. The molecule has 0 saturated heterocycles. The van der Waals surface area contributed by atoms with Gasteiger partial charge in [0, 0.05) is 30.7 Å².